The van der Waals surface area contributed by atoms with Crippen molar-refractivity contribution in [2.75, 3.05) is 26.3 Å². The Morgan fingerprint density at radius 3 is 2.94 bits per heavy atom. The summed E-state index contributed by atoms with van der Waals surface area (Å²) in [6.45, 7) is 6.41. The number of ether oxygens (including phenoxy) is 1. The number of rotatable bonds is 3. The third-order valence-electron chi connectivity index (χ3n) is 3.00. The van der Waals surface area contributed by atoms with E-state index in [4.69, 9.17) is 9.15 Å². The zero-order valence-corrected chi connectivity index (χ0v) is 11.1. The van der Waals surface area contributed by atoms with Crippen LogP contribution in [-0.4, -0.2) is 41.2 Å². The molecule has 0 atom stereocenters. The van der Waals surface area contributed by atoms with Crippen molar-refractivity contribution in [2.24, 2.45) is 0 Å². The molecule has 3 heterocycles. The maximum Gasteiger partial charge on any atom is 0.181 e. The molecular weight excluding hydrogens is 250 g/mol. The number of thiazole rings is 1. The highest BCUT2D eigenvalue weighted by Crippen LogP contribution is 2.24. The van der Waals surface area contributed by atoms with Crippen LogP contribution in [0, 0.1) is 6.92 Å². The van der Waals surface area contributed by atoms with Gasteiger partial charge in [0.2, 0.25) is 0 Å². The number of aryl methyl sites for hydroxylation is 1. The first-order chi connectivity index (χ1) is 8.83. The smallest absolute Gasteiger partial charge is 0.181 e. The van der Waals surface area contributed by atoms with Gasteiger partial charge in [-0.1, -0.05) is 0 Å². The summed E-state index contributed by atoms with van der Waals surface area (Å²) in [7, 11) is 0. The second kappa shape index (κ2) is 5.17. The molecule has 2 aromatic heterocycles. The molecular formula is C12H15N3O2S. The van der Waals surface area contributed by atoms with Gasteiger partial charge < -0.3 is 9.15 Å². The predicted octanol–water partition coefficient (Wildman–Crippen LogP) is 1.94. The summed E-state index contributed by atoms with van der Waals surface area (Å²) in [5.41, 5.74) is 1.76. The van der Waals surface area contributed by atoms with E-state index in [9.17, 15) is 0 Å². The molecule has 6 heteroatoms. The number of morpholine rings is 1. The van der Waals surface area contributed by atoms with Crippen molar-refractivity contribution in [2.45, 2.75) is 13.5 Å². The van der Waals surface area contributed by atoms with Crippen LogP contribution in [0.25, 0.3) is 11.4 Å². The summed E-state index contributed by atoms with van der Waals surface area (Å²) in [5, 5.41) is 3.16. The van der Waals surface area contributed by atoms with Crippen molar-refractivity contribution in [3.05, 3.63) is 22.5 Å². The van der Waals surface area contributed by atoms with Crippen LogP contribution in [0.2, 0.25) is 0 Å². The molecule has 96 valence electrons. The lowest BCUT2D eigenvalue weighted by molar-refractivity contribution is 0.0342. The predicted molar refractivity (Wildman–Crippen MR) is 68.4 cm³/mol. The molecule has 0 spiro atoms. The minimum absolute atomic E-state index is 0.818. The lowest BCUT2D eigenvalue weighted by Gasteiger charge is -2.25. The van der Waals surface area contributed by atoms with Gasteiger partial charge in [-0.2, -0.15) is 0 Å². The first-order valence-corrected chi connectivity index (χ1v) is 6.86. The second-order valence-corrected chi connectivity index (χ2v) is 5.21. The Kier molecular flexibility index (Phi) is 3.40. The van der Waals surface area contributed by atoms with E-state index < -0.39 is 0 Å². The Bertz CT molecular complexity index is 517. The van der Waals surface area contributed by atoms with Gasteiger partial charge in [-0.25, -0.2) is 9.97 Å². The minimum Gasteiger partial charge on any atom is -0.448 e. The maximum absolute atomic E-state index is 5.34. The zero-order valence-electron chi connectivity index (χ0n) is 10.3. The summed E-state index contributed by atoms with van der Waals surface area (Å²) < 4.78 is 10.5. The van der Waals surface area contributed by atoms with E-state index in [0.29, 0.717) is 0 Å². The molecule has 0 aromatic carbocycles. The van der Waals surface area contributed by atoms with Crippen LogP contribution in [0.1, 0.15) is 10.8 Å². The molecule has 18 heavy (non-hydrogen) atoms. The summed E-state index contributed by atoms with van der Waals surface area (Å²) >= 11 is 1.67. The van der Waals surface area contributed by atoms with E-state index in [1.165, 1.54) is 6.39 Å². The van der Waals surface area contributed by atoms with Gasteiger partial charge in [-0.15, -0.1) is 11.3 Å². The average molecular weight is 265 g/mol. The maximum atomic E-state index is 5.34. The number of hydrogen-bond donors (Lipinski definition) is 0. The van der Waals surface area contributed by atoms with Crippen LogP contribution in [0.4, 0.5) is 0 Å². The lowest BCUT2D eigenvalue weighted by atomic mass is 10.3. The Labute approximate surface area is 109 Å². The molecule has 3 rings (SSSR count). The molecule has 0 unspecified atom stereocenters. The summed E-state index contributed by atoms with van der Waals surface area (Å²) in [6, 6.07) is 0. The highest BCUT2D eigenvalue weighted by Gasteiger charge is 2.15. The number of hydrogen-bond acceptors (Lipinski definition) is 6. The monoisotopic (exact) mass is 265 g/mol. The Hall–Kier alpha value is -1.24. The van der Waals surface area contributed by atoms with Gasteiger partial charge in [-0.05, 0) is 6.92 Å². The van der Waals surface area contributed by atoms with Crippen molar-refractivity contribution in [1.29, 1.82) is 0 Å². The molecule has 0 N–H and O–H groups in total. The zero-order chi connectivity index (χ0) is 12.4. The molecule has 2 aromatic rings. The van der Waals surface area contributed by atoms with Gasteiger partial charge >= 0.3 is 0 Å². The largest absolute Gasteiger partial charge is 0.448 e. The van der Waals surface area contributed by atoms with Crippen LogP contribution in [-0.2, 0) is 11.3 Å². The SMILES string of the molecule is Cc1ocnc1-c1csc(CN2CCOCC2)n1. The van der Waals surface area contributed by atoms with Gasteiger partial charge in [0.25, 0.3) is 0 Å². The van der Waals surface area contributed by atoms with Crippen LogP contribution in [0.3, 0.4) is 0 Å². The summed E-state index contributed by atoms with van der Waals surface area (Å²) in [5.74, 6) is 0.818. The number of aromatic nitrogens is 2. The van der Waals surface area contributed by atoms with E-state index in [1.54, 1.807) is 11.3 Å². The molecule has 1 fully saturated rings. The van der Waals surface area contributed by atoms with Crippen molar-refractivity contribution >= 4 is 11.3 Å². The molecule has 1 aliphatic rings. The Balaban J connectivity index is 1.71. The quantitative estimate of drug-likeness (QED) is 0.849. The fourth-order valence-corrected chi connectivity index (χ4v) is 2.81. The number of nitrogens with zero attached hydrogens (tertiary/aromatic N) is 3. The fraction of sp³-hybridized carbons (Fsp3) is 0.500. The van der Waals surface area contributed by atoms with Crippen molar-refractivity contribution in [3.8, 4) is 11.4 Å². The van der Waals surface area contributed by atoms with E-state index in [0.717, 1.165) is 55.0 Å². The summed E-state index contributed by atoms with van der Waals surface area (Å²) in [4.78, 5) is 11.2. The molecule has 1 aliphatic heterocycles. The van der Waals surface area contributed by atoms with Gasteiger partial charge in [-0.3, -0.25) is 4.90 Å². The highest BCUT2D eigenvalue weighted by atomic mass is 32.1. The van der Waals surface area contributed by atoms with Crippen LogP contribution in [0.15, 0.2) is 16.2 Å². The van der Waals surface area contributed by atoms with Gasteiger partial charge in [0.15, 0.2) is 6.39 Å². The van der Waals surface area contributed by atoms with Crippen LogP contribution >= 0.6 is 11.3 Å². The molecule has 5 nitrogen and oxygen atoms in total. The molecule has 0 radical (unpaired) electrons. The topological polar surface area (TPSA) is 51.4 Å². The standard InChI is InChI=1S/C12H15N3O2S/c1-9-12(13-8-17-9)10-7-18-11(14-10)6-15-2-4-16-5-3-15/h7-8H,2-6H2,1H3. The minimum atomic E-state index is 0.818. The van der Waals surface area contributed by atoms with Crippen molar-refractivity contribution in [1.82, 2.24) is 14.9 Å². The first kappa shape index (κ1) is 11.8. The Morgan fingerprint density at radius 1 is 1.39 bits per heavy atom. The lowest BCUT2D eigenvalue weighted by Crippen LogP contribution is -2.35. The van der Waals surface area contributed by atoms with Crippen molar-refractivity contribution in [3.63, 3.8) is 0 Å². The average Bonchev–Trinajstić information content (AvgIpc) is 2.99. The van der Waals surface area contributed by atoms with E-state index in [-0.39, 0.29) is 0 Å². The van der Waals surface area contributed by atoms with Crippen LogP contribution in [0.5, 0.6) is 0 Å². The second-order valence-electron chi connectivity index (χ2n) is 4.27. The fourth-order valence-electron chi connectivity index (χ4n) is 1.99. The van der Waals surface area contributed by atoms with Gasteiger partial charge in [0.05, 0.1) is 19.8 Å². The molecule has 1 saturated heterocycles. The Morgan fingerprint density at radius 2 is 2.22 bits per heavy atom. The van der Waals surface area contributed by atoms with Crippen molar-refractivity contribution < 1.29 is 9.15 Å². The van der Waals surface area contributed by atoms with E-state index >= 15 is 0 Å². The normalized spacial score (nSPS) is 17.2. The number of oxazole rings is 1. The first-order valence-electron chi connectivity index (χ1n) is 5.98. The molecule has 0 saturated carbocycles. The van der Waals surface area contributed by atoms with Crippen LogP contribution < -0.4 is 0 Å². The third kappa shape index (κ3) is 2.45. The molecule has 0 bridgehead atoms. The van der Waals surface area contributed by atoms with Gasteiger partial charge in [0, 0.05) is 18.5 Å². The third-order valence-corrected chi connectivity index (χ3v) is 3.84. The van der Waals surface area contributed by atoms with E-state index in [1.807, 2.05) is 12.3 Å². The van der Waals surface area contributed by atoms with E-state index in [2.05, 4.69) is 14.9 Å². The summed E-state index contributed by atoms with van der Waals surface area (Å²) in [6.07, 6.45) is 1.46. The molecule has 0 amide bonds. The molecule has 0 aliphatic carbocycles. The highest BCUT2D eigenvalue weighted by molar-refractivity contribution is 7.09. The van der Waals surface area contributed by atoms with Gasteiger partial charge in [0.1, 0.15) is 22.2 Å².